The number of ether oxygens (including phenoxy) is 1. The third kappa shape index (κ3) is 4.42. The zero-order valence-corrected chi connectivity index (χ0v) is 11.9. The van der Waals surface area contributed by atoms with Crippen molar-refractivity contribution in [2.24, 2.45) is 0 Å². The van der Waals surface area contributed by atoms with Crippen molar-refractivity contribution in [3.05, 3.63) is 54.1 Å². The number of amides is 2. The number of nitrogens with zero attached hydrogens (tertiary/aromatic N) is 1. The lowest BCUT2D eigenvalue weighted by Gasteiger charge is -2.16. The number of benzene rings is 2. The van der Waals surface area contributed by atoms with E-state index >= 15 is 0 Å². The summed E-state index contributed by atoms with van der Waals surface area (Å²) in [5, 5.41) is 23.1. The number of carbonyl (C=O) groups excluding carboxylic acids is 1. The van der Waals surface area contributed by atoms with Crippen LogP contribution < -0.4 is 15.4 Å². The molecule has 2 rings (SSSR count). The molecule has 0 saturated carbocycles. The average molecular weight is 297 g/mol. The number of nitriles is 1. The molecule has 0 aliphatic carbocycles. The van der Waals surface area contributed by atoms with E-state index in [1.165, 1.54) is 12.1 Å². The monoisotopic (exact) mass is 297 g/mol. The molecule has 0 bridgehead atoms. The van der Waals surface area contributed by atoms with E-state index in [4.69, 9.17) is 10.00 Å². The number of phenols is 1. The number of hydrogen-bond acceptors (Lipinski definition) is 4. The first-order valence-electron chi connectivity index (χ1n) is 6.60. The van der Waals surface area contributed by atoms with Crippen molar-refractivity contribution < 1.29 is 14.6 Å². The number of rotatable bonds is 4. The maximum Gasteiger partial charge on any atom is 0.322 e. The smallest absolute Gasteiger partial charge is 0.322 e. The summed E-state index contributed by atoms with van der Waals surface area (Å²) in [6.07, 6.45) is -0.553. The van der Waals surface area contributed by atoms with Gasteiger partial charge in [-0.1, -0.05) is 0 Å². The summed E-state index contributed by atoms with van der Waals surface area (Å²) in [4.78, 5) is 11.8. The molecule has 3 N–H and O–H groups in total. The number of hydrogen-bond donors (Lipinski definition) is 3. The van der Waals surface area contributed by atoms with Crippen molar-refractivity contribution in [2.45, 2.75) is 13.2 Å². The fourth-order valence-corrected chi connectivity index (χ4v) is 1.74. The predicted octanol–water partition coefficient (Wildman–Crippen LogP) is 2.81. The summed E-state index contributed by atoms with van der Waals surface area (Å²) < 4.78 is 5.49. The minimum absolute atomic E-state index is 0.145. The van der Waals surface area contributed by atoms with Crippen LogP contribution in [0.3, 0.4) is 0 Å². The zero-order chi connectivity index (χ0) is 15.9. The third-order valence-corrected chi connectivity index (χ3v) is 2.76. The van der Waals surface area contributed by atoms with Crippen LogP contribution in [-0.2, 0) is 0 Å². The van der Waals surface area contributed by atoms with Crippen molar-refractivity contribution >= 4 is 11.7 Å². The van der Waals surface area contributed by atoms with E-state index in [-0.39, 0.29) is 5.75 Å². The quantitative estimate of drug-likeness (QED) is 0.756. The summed E-state index contributed by atoms with van der Waals surface area (Å²) in [7, 11) is 0. The molecule has 22 heavy (non-hydrogen) atoms. The lowest BCUT2D eigenvalue weighted by atomic mass is 10.2. The second kappa shape index (κ2) is 6.99. The second-order valence-corrected chi connectivity index (χ2v) is 4.54. The molecule has 0 aliphatic rings. The first-order valence-corrected chi connectivity index (χ1v) is 6.60. The van der Waals surface area contributed by atoms with Crippen molar-refractivity contribution in [3.63, 3.8) is 0 Å². The highest BCUT2D eigenvalue weighted by Crippen LogP contribution is 2.16. The SMILES string of the molecule is CC(NC(=O)Nc1ccc(C#N)cc1)Oc1ccc(O)cc1. The molecule has 0 aromatic heterocycles. The molecule has 0 fully saturated rings. The number of phenolic OH excluding ortho intramolecular Hbond substituents is 1. The van der Waals surface area contributed by atoms with Gasteiger partial charge < -0.3 is 20.5 Å². The Morgan fingerprint density at radius 3 is 2.41 bits per heavy atom. The van der Waals surface area contributed by atoms with Crippen LogP contribution in [0.2, 0.25) is 0 Å². The maximum absolute atomic E-state index is 11.8. The van der Waals surface area contributed by atoms with Crippen molar-refractivity contribution in [1.29, 1.82) is 5.26 Å². The van der Waals surface area contributed by atoms with E-state index in [1.54, 1.807) is 43.3 Å². The largest absolute Gasteiger partial charge is 0.508 e. The molecule has 0 aliphatic heterocycles. The highest BCUT2D eigenvalue weighted by atomic mass is 16.5. The minimum atomic E-state index is -0.553. The standard InChI is InChI=1S/C16H15N3O3/c1-11(22-15-8-6-14(20)7-9-15)18-16(21)19-13-4-2-12(10-17)3-5-13/h2-9,11,20H,1H3,(H2,18,19,21). The molecule has 0 radical (unpaired) electrons. The van der Waals surface area contributed by atoms with Crippen molar-refractivity contribution in [2.75, 3.05) is 5.32 Å². The number of nitrogens with one attached hydrogen (secondary N) is 2. The summed E-state index contributed by atoms with van der Waals surface area (Å²) >= 11 is 0. The number of anilines is 1. The van der Waals surface area contributed by atoms with E-state index in [2.05, 4.69) is 10.6 Å². The average Bonchev–Trinajstić information content (AvgIpc) is 2.50. The molecule has 2 amide bonds. The highest BCUT2D eigenvalue weighted by Gasteiger charge is 2.08. The summed E-state index contributed by atoms with van der Waals surface area (Å²) in [6, 6.07) is 14.3. The Morgan fingerprint density at radius 1 is 1.18 bits per heavy atom. The third-order valence-electron chi connectivity index (χ3n) is 2.76. The van der Waals surface area contributed by atoms with E-state index in [1.807, 2.05) is 6.07 Å². The maximum atomic E-state index is 11.8. The minimum Gasteiger partial charge on any atom is -0.508 e. The van der Waals surface area contributed by atoms with E-state index in [9.17, 15) is 9.90 Å². The normalized spacial score (nSPS) is 11.1. The molecule has 2 aromatic carbocycles. The van der Waals surface area contributed by atoms with Gasteiger partial charge in [0, 0.05) is 5.69 Å². The highest BCUT2D eigenvalue weighted by molar-refractivity contribution is 5.89. The van der Waals surface area contributed by atoms with Crippen LogP contribution in [0.4, 0.5) is 10.5 Å². The Kier molecular flexibility index (Phi) is 4.83. The van der Waals surface area contributed by atoms with E-state index in [0.717, 1.165) is 0 Å². The van der Waals surface area contributed by atoms with Crippen LogP contribution in [-0.4, -0.2) is 17.4 Å². The van der Waals surface area contributed by atoms with Crippen molar-refractivity contribution in [3.8, 4) is 17.6 Å². The summed E-state index contributed by atoms with van der Waals surface area (Å²) in [6.45, 7) is 1.69. The summed E-state index contributed by atoms with van der Waals surface area (Å²) in [5.74, 6) is 0.676. The molecule has 0 spiro atoms. The van der Waals surface area contributed by atoms with Crippen LogP contribution in [0.25, 0.3) is 0 Å². The summed E-state index contributed by atoms with van der Waals surface area (Å²) in [5.41, 5.74) is 1.10. The molecule has 112 valence electrons. The van der Waals surface area contributed by atoms with Crippen molar-refractivity contribution in [1.82, 2.24) is 5.32 Å². The van der Waals surface area contributed by atoms with Gasteiger partial charge in [0.1, 0.15) is 11.5 Å². The Bertz CT molecular complexity index is 675. The molecule has 1 atom stereocenters. The lowest BCUT2D eigenvalue weighted by Crippen LogP contribution is -2.39. The lowest BCUT2D eigenvalue weighted by molar-refractivity contribution is 0.183. The molecule has 6 heteroatoms. The van der Waals surface area contributed by atoms with Gasteiger partial charge in [0.15, 0.2) is 6.23 Å². The van der Waals surface area contributed by atoms with Crippen LogP contribution >= 0.6 is 0 Å². The Hall–Kier alpha value is -3.20. The van der Waals surface area contributed by atoms with E-state index in [0.29, 0.717) is 17.0 Å². The predicted molar refractivity (Wildman–Crippen MR) is 81.5 cm³/mol. The molecule has 6 nitrogen and oxygen atoms in total. The van der Waals surface area contributed by atoms with Gasteiger partial charge in [-0.25, -0.2) is 4.79 Å². The molecular weight excluding hydrogens is 282 g/mol. The van der Waals surface area contributed by atoms with Crippen LogP contribution in [0.1, 0.15) is 12.5 Å². The van der Waals surface area contributed by atoms with Gasteiger partial charge in [-0.05, 0) is 55.5 Å². The molecule has 1 unspecified atom stereocenters. The molecule has 0 saturated heterocycles. The Labute approximate surface area is 128 Å². The van der Waals surface area contributed by atoms with Gasteiger partial charge in [0.05, 0.1) is 11.6 Å². The van der Waals surface area contributed by atoms with Gasteiger partial charge in [-0.15, -0.1) is 0 Å². The van der Waals surface area contributed by atoms with Crippen LogP contribution in [0.5, 0.6) is 11.5 Å². The topological polar surface area (TPSA) is 94.4 Å². The molecular formula is C16H15N3O3. The van der Waals surface area contributed by atoms with Crippen LogP contribution in [0.15, 0.2) is 48.5 Å². The number of carbonyl (C=O) groups is 1. The Balaban J connectivity index is 1.85. The van der Waals surface area contributed by atoms with Gasteiger partial charge in [-0.3, -0.25) is 0 Å². The van der Waals surface area contributed by atoms with Crippen LogP contribution in [0, 0.1) is 11.3 Å². The molecule has 0 heterocycles. The van der Waals surface area contributed by atoms with Gasteiger partial charge in [0.25, 0.3) is 0 Å². The second-order valence-electron chi connectivity index (χ2n) is 4.54. The zero-order valence-electron chi connectivity index (χ0n) is 11.9. The Morgan fingerprint density at radius 2 is 1.82 bits per heavy atom. The first kappa shape index (κ1) is 15.2. The van der Waals surface area contributed by atoms with Gasteiger partial charge in [-0.2, -0.15) is 5.26 Å². The first-order chi connectivity index (χ1) is 10.6. The van der Waals surface area contributed by atoms with Gasteiger partial charge >= 0.3 is 6.03 Å². The fraction of sp³-hybridized carbons (Fsp3) is 0.125. The number of urea groups is 1. The number of aromatic hydroxyl groups is 1. The van der Waals surface area contributed by atoms with Gasteiger partial charge in [0.2, 0.25) is 0 Å². The van der Waals surface area contributed by atoms with E-state index < -0.39 is 12.3 Å². The fourth-order valence-electron chi connectivity index (χ4n) is 1.74. The molecule has 2 aromatic rings.